The van der Waals surface area contributed by atoms with Gasteiger partial charge in [0.2, 0.25) is 0 Å². The Kier molecular flexibility index (Phi) is 3.19. The summed E-state index contributed by atoms with van der Waals surface area (Å²) in [6.45, 7) is 2.15. The second-order valence-electron chi connectivity index (χ2n) is 4.59. The van der Waals surface area contributed by atoms with Gasteiger partial charge in [0.25, 0.3) is 0 Å². The number of rotatable bonds is 2. The quantitative estimate of drug-likeness (QED) is 0.725. The van der Waals surface area contributed by atoms with Crippen molar-refractivity contribution in [1.29, 1.82) is 0 Å². The van der Waals surface area contributed by atoms with Crippen molar-refractivity contribution in [3.05, 3.63) is 102 Å². The molecule has 0 nitrogen and oxygen atoms in total. The first-order valence-corrected chi connectivity index (χ1v) is 6.23. The lowest BCUT2D eigenvalue weighted by molar-refractivity contribution is 1.15. The van der Waals surface area contributed by atoms with Crippen LogP contribution in [0.1, 0.15) is 18.1 Å². The first kappa shape index (κ1) is 11.5. The molecule has 0 unspecified atom stereocenters. The Bertz CT molecular complexity index is 438. The van der Waals surface area contributed by atoms with Crippen molar-refractivity contribution in [2.45, 2.75) is 6.92 Å². The minimum absolute atomic E-state index is 1.28. The van der Waals surface area contributed by atoms with Gasteiger partial charge < -0.3 is 0 Å². The predicted octanol–water partition coefficient (Wildman–Crippen LogP) is 4.25. The van der Waals surface area contributed by atoms with Gasteiger partial charge in [0.15, 0.2) is 0 Å². The molecule has 0 aliphatic heterocycles. The largest absolute Gasteiger partial charge is 0.0622 e. The van der Waals surface area contributed by atoms with Crippen LogP contribution in [0.5, 0.6) is 0 Å². The van der Waals surface area contributed by atoms with Crippen LogP contribution in [0.4, 0.5) is 0 Å². The summed E-state index contributed by atoms with van der Waals surface area (Å²) in [4.78, 5) is 0. The highest BCUT2D eigenvalue weighted by Crippen LogP contribution is 2.46. The smallest absolute Gasteiger partial charge is 0.0207 e. The molecule has 0 atom stereocenters. The summed E-state index contributed by atoms with van der Waals surface area (Å²) in [7, 11) is 0. The van der Waals surface area contributed by atoms with Crippen molar-refractivity contribution in [3.8, 4) is 0 Å². The van der Waals surface area contributed by atoms with Gasteiger partial charge in [-0.15, -0.1) is 0 Å². The van der Waals surface area contributed by atoms with Gasteiger partial charge in [0.1, 0.15) is 0 Å². The van der Waals surface area contributed by atoms with E-state index in [0.29, 0.717) is 0 Å². The van der Waals surface area contributed by atoms with Crippen LogP contribution in [-0.2, 0) is 0 Å². The van der Waals surface area contributed by atoms with Gasteiger partial charge in [-0.05, 0) is 29.9 Å². The van der Waals surface area contributed by atoms with Gasteiger partial charge in [-0.3, -0.25) is 0 Å². The van der Waals surface area contributed by atoms with Crippen LogP contribution in [0.3, 0.4) is 0 Å². The third-order valence-corrected chi connectivity index (χ3v) is 3.20. The molecule has 1 fully saturated rings. The molecule has 0 heterocycles. The monoisotopic (exact) mass is 231 g/mol. The zero-order chi connectivity index (χ0) is 12.4. The molecule has 0 saturated heterocycles. The molecule has 87 valence electrons. The highest BCUT2D eigenvalue weighted by Gasteiger charge is 2.35. The first-order chi connectivity index (χ1) is 8.84. The van der Waals surface area contributed by atoms with Crippen LogP contribution in [-0.4, -0.2) is 0 Å². The fourth-order valence-electron chi connectivity index (χ4n) is 2.37. The van der Waals surface area contributed by atoms with E-state index in [-0.39, 0.29) is 0 Å². The lowest BCUT2D eigenvalue weighted by atomic mass is 9.84. The van der Waals surface area contributed by atoms with Gasteiger partial charge in [-0.2, -0.15) is 0 Å². The van der Waals surface area contributed by atoms with E-state index in [1.54, 1.807) is 0 Å². The van der Waals surface area contributed by atoms with E-state index in [2.05, 4.69) is 80.4 Å². The lowest BCUT2D eigenvalue weighted by Gasteiger charge is -2.18. The minimum Gasteiger partial charge on any atom is -0.0622 e. The van der Waals surface area contributed by atoms with Crippen LogP contribution in [0, 0.1) is 30.6 Å². The minimum atomic E-state index is 1.28. The number of benzene rings is 2. The van der Waals surface area contributed by atoms with Gasteiger partial charge in [0, 0.05) is 11.8 Å². The Balaban J connectivity index is 1.93. The van der Waals surface area contributed by atoms with E-state index in [1.165, 1.54) is 28.9 Å². The van der Waals surface area contributed by atoms with Crippen LogP contribution in [0.2, 0.25) is 0 Å². The first-order valence-electron chi connectivity index (χ1n) is 6.23. The Morgan fingerprint density at radius 2 is 0.944 bits per heavy atom. The molecule has 0 bridgehead atoms. The highest BCUT2D eigenvalue weighted by atomic mass is 14.4. The molecule has 1 saturated carbocycles. The van der Waals surface area contributed by atoms with Crippen molar-refractivity contribution < 1.29 is 0 Å². The molecule has 0 aromatic heterocycles. The predicted molar refractivity (Wildman–Crippen MR) is 75.1 cm³/mol. The Labute approximate surface area is 110 Å². The molecule has 0 N–H and O–H groups in total. The fraction of sp³-hybridized carbons (Fsp3) is 0.0556. The molecule has 0 amide bonds. The van der Waals surface area contributed by atoms with E-state index in [9.17, 15) is 0 Å². The lowest BCUT2D eigenvalue weighted by Crippen LogP contribution is -2.06. The maximum Gasteiger partial charge on any atom is 0.0207 e. The van der Waals surface area contributed by atoms with E-state index >= 15 is 0 Å². The second kappa shape index (κ2) is 4.97. The summed E-state index contributed by atoms with van der Waals surface area (Å²) in [6.07, 6.45) is 4.52. The van der Waals surface area contributed by atoms with Crippen LogP contribution in [0.25, 0.3) is 0 Å². The SMILES string of the molecule is C[C]1[CH][C](c2ccccc2)[C](c2ccccc2)[CH]1. The summed E-state index contributed by atoms with van der Waals surface area (Å²) < 4.78 is 0. The zero-order valence-electron chi connectivity index (χ0n) is 10.4. The molecule has 1 aliphatic rings. The van der Waals surface area contributed by atoms with Crippen molar-refractivity contribution in [2.24, 2.45) is 0 Å². The van der Waals surface area contributed by atoms with E-state index < -0.39 is 0 Å². The Hall–Kier alpha value is -1.56. The summed E-state index contributed by atoms with van der Waals surface area (Å²) >= 11 is 0. The maximum atomic E-state index is 2.26. The second-order valence-corrected chi connectivity index (χ2v) is 4.59. The Morgan fingerprint density at radius 1 is 0.556 bits per heavy atom. The van der Waals surface area contributed by atoms with Gasteiger partial charge in [0.05, 0.1) is 0 Å². The summed E-state index contributed by atoms with van der Waals surface area (Å²) in [5, 5.41) is 0. The van der Waals surface area contributed by atoms with E-state index in [4.69, 9.17) is 0 Å². The summed E-state index contributed by atoms with van der Waals surface area (Å²) in [5.41, 5.74) is 2.56. The average Bonchev–Trinajstić information content (AvgIpc) is 2.83. The normalized spacial score (nSPS) is 18.3. The van der Waals surface area contributed by atoms with Crippen LogP contribution >= 0.6 is 0 Å². The van der Waals surface area contributed by atoms with Crippen LogP contribution < -0.4 is 0 Å². The van der Waals surface area contributed by atoms with Crippen molar-refractivity contribution in [3.63, 3.8) is 0 Å². The molecule has 18 heavy (non-hydrogen) atoms. The Morgan fingerprint density at radius 3 is 1.33 bits per heavy atom. The van der Waals surface area contributed by atoms with Gasteiger partial charge in [-0.25, -0.2) is 0 Å². The van der Waals surface area contributed by atoms with Crippen molar-refractivity contribution in [2.75, 3.05) is 0 Å². The maximum absolute atomic E-state index is 2.26. The van der Waals surface area contributed by atoms with Crippen LogP contribution in [0.15, 0.2) is 60.7 Å². The molecule has 0 spiro atoms. The third kappa shape index (κ3) is 2.20. The van der Waals surface area contributed by atoms with Crippen molar-refractivity contribution >= 4 is 0 Å². The molecular formula is C18H15. The van der Waals surface area contributed by atoms with Crippen molar-refractivity contribution in [1.82, 2.24) is 0 Å². The molecule has 3 rings (SSSR count). The standard InChI is InChI=1S/C18H15/c1-14-12-17(15-8-4-2-5-9-15)18(13-14)16-10-6-3-7-11-16/h2-13H,1H3. The van der Waals surface area contributed by atoms with E-state index in [0.717, 1.165) is 0 Å². The van der Waals surface area contributed by atoms with Gasteiger partial charge >= 0.3 is 0 Å². The summed E-state index contributed by atoms with van der Waals surface area (Å²) in [5.74, 6) is 3.95. The molecule has 5 radical (unpaired) electrons. The molecule has 2 aromatic rings. The molecule has 2 aromatic carbocycles. The molecular weight excluding hydrogens is 216 g/mol. The summed E-state index contributed by atoms with van der Waals surface area (Å²) in [6, 6.07) is 21.1. The van der Waals surface area contributed by atoms with Gasteiger partial charge in [-0.1, -0.05) is 67.6 Å². The highest BCUT2D eigenvalue weighted by molar-refractivity contribution is 5.65. The topological polar surface area (TPSA) is 0 Å². The molecule has 1 aliphatic carbocycles. The fourth-order valence-corrected chi connectivity index (χ4v) is 2.37. The third-order valence-electron chi connectivity index (χ3n) is 3.20. The van der Waals surface area contributed by atoms with E-state index in [1.807, 2.05) is 0 Å². The average molecular weight is 231 g/mol. The number of hydrogen-bond acceptors (Lipinski definition) is 0. The molecule has 0 heteroatoms. The zero-order valence-corrected chi connectivity index (χ0v) is 10.4. The number of hydrogen-bond donors (Lipinski definition) is 0.